The first-order valence-electron chi connectivity index (χ1n) is 4.04. The van der Waals surface area contributed by atoms with Crippen molar-refractivity contribution in [2.24, 2.45) is 5.73 Å². The van der Waals surface area contributed by atoms with Gasteiger partial charge < -0.3 is 10.6 Å². The SMILES string of the molecule is CN(C)c1nc(Br)cc(CCN)n1. The third kappa shape index (κ3) is 2.93. The average Bonchev–Trinajstić information content (AvgIpc) is 2.03. The molecule has 0 fully saturated rings. The summed E-state index contributed by atoms with van der Waals surface area (Å²) in [4.78, 5) is 10.4. The molecule has 0 aliphatic heterocycles. The molecule has 2 N–H and O–H groups in total. The molecule has 5 heteroatoms. The first-order valence-corrected chi connectivity index (χ1v) is 4.83. The zero-order valence-corrected chi connectivity index (χ0v) is 9.37. The van der Waals surface area contributed by atoms with E-state index >= 15 is 0 Å². The Labute approximate surface area is 86.3 Å². The normalized spacial score (nSPS) is 10.2. The van der Waals surface area contributed by atoms with E-state index in [0.29, 0.717) is 12.5 Å². The molecule has 0 spiro atoms. The number of hydrogen-bond donors (Lipinski definition) is 1. The number of nitrogens with two attached hydrogens (primary N) is 1. The molecule has 72 valence electrons. The van der Waals surface area contributed by atoms with E-state index in [9.17, 15) is 0 Å². The highest BCUT2D eigenvalue weighted by molar-refractivity contribution is 9.10. The van der Waals surface area contributed by atoms with E-state index in [0.717, 1.165) is 16.7 Å². The second kappa shape index (κ2) is 4.53. The minimum Gasteiger partial charge on any atom is -0.347 e. The molecule has 1 aromatic rings. The monoisotopic (exact) mass is 244 g/mol. The predicted octanol–water partition coefficient (Wildman–Crippen LogP) is 0.806. The van der Waals surface area contributed by atoms with Crippen LogP contribution in [0.15, 0.2) is 10.7 Å². The summed E-state index contributed by atoms with van der Waals surface area (Å²) in [6.45, 7) is 0.607. The molecule has 0 radical (unpaired) electrons. The molecule has 0 saturated carbocycles. The molecular formula is C8H13BrN4. The van der Waals surface area contributed by atoms with Gasteiger partial charge in [0.15, 0.2) is 0 Å². The molecule has 0 aliphatic carbocycles. The molecular weight excluding hydrogens is 232 g/mol. The van der Waals surface area contributed by atoms with Crippen LogP contribution in [0.2, 0.25) is 0 Å². The molecule has 4 nitrogen and oxygen atoms in total. The number of rotatable bonds is 3. The van der Waals surface area contributed by atoms with E-state index in [1.54, 1.807) is 0 Å². The predicted molar refractivity (Wildman–Crippen MR) is 56.8 cm³/mol. The summed E-state index contributed by atoms with van der Waals surface area (Å²) in [6.07, 6.45) is 0.780. The van der Waals surface area contributed by atoms with Crippen molar-refractivity contribution in [2.75, 3.05) is 25.5 Å². The Morgan fingerprint density at radius 3 is 2.69 bits per heavy atom. The van der Waals surface area contributed by atoms with Crippen LogP contribution >= 0.6 is 15.9 Å². The van der Waals surface area contributed by atoms with Gasteiger partial charge in [-0.25, -0.2) is 9.97 Å². The van der Waals surface area contributed by atoms with Crippen molar-refractivity contribution in [1.82, 2.24) is 9.97 Å². The topological polar surface area (TPSA) is 55.0 Å². The Kier molecular flexibility index (Phi) is 3.62. The maximum atomic E-state index is 5.45. The van der Waals surface area contributed by atoms with Crippen molar-refractivity contribution >= 4 is 21.9 Å². The van der Waals surface area contributed by atoms with Gasteiger partial charge in [-0.3, -0.25) is 0 Å². The number of anilines is 1. The standard InChI is InChI=1S/C8H13BrN4/c1-13(2)8-11-6(3-4-10)5-7(9)12-8/h5H,3-4,10H2,1-2H3. The van der Waals surface area contributed by atoms with Crippen LogP contribution < -0.4 is 10.6 Å². The van der Waals surface area contributed by atoms with Gasteiger partial charge >= 0.3 is 0 Å². The molecule has 0 bridgehead atoms. The molecule has 0 aromatic carbocycles. The third-order valence-electron chi connectivity index (χ3n) is 1.54. The van der Waals surface area contributed by atoms with Gasteiger partial charge in [0.05, 0.1) is 0 Å². The summed E-state index contributed by atoms with van der Waals surface area (Å²) in [5.74, 6) is 0.706. The Bertz CT molecular complexity index is 287. The lowest BCUT2D eigenvalue weighted by molar-refractivity contribution is 0.884. The van der Waals surface area contributed by atoms with Crippen LogP contribution in [0.1, 0.15) is 5.69 Å². The summed E-state index contributed by atoms with van der Waals surface area (Å²) in [7, 11) is 3.82. The molecule has 1 heterocycles. The smallest absolute Gasteiger partial charge is 0.226 e. The van der Waals surface area contributed by atoms with E-state index in [1.807, 2.05) is 25.1 Å². The van der Waals surface area contributed by atoms with Crippen molar-refractivity contribution in [3.05, 3.63) is 16.4 Å². The highest BCUT2D eigenvalue weighted by Crippen LogP contribution is 2.12. The van der Waals surface area contributed by atoms with Gasteiger partial charge in [0.2, 0.25) is 5.95 Å². The summed E-state index contributed by atoms with van der Waals surface area (Å²) in [6, 6.07) is 1.89. The van der Waals surface area contributed by atoms with Gasteiger partial charge in [-0.15, -0.1) is 0 Å². The fourth-order valence-corrected chi connectivity index (χ4v) is 1.35. The molecule has 0 amide bonds. The summed E-state index contributed by atoms with van der Waals surface area (Å²) < 4.78 is 0.801. The van der Waals surface area contributed by atoms with Gasteiger partial charge in [0.1, 0.15) is 4.60 Å². The summed E-state index contributed by atoms with van der Waals surface area (Å²) in [5.41, 5.74) is 6.41. The second-order valence-corrected chi connectivity index (χ2v) is 3.73. The lowest BCUT2D eigenvalue weighted by Gasteiger charge is -2.11. The molecule has 0 saturated heterocycles. The Balaban J connectivity index is 2.96. The molecule has 0 aliphatic rings. The van der Waals surface area contributed by atoms with Gasteiger partial charge in [-0.1, -0.05) is 0 Å². The Hall–Kier alpha value is -0.680. The van der Waals surface area contributed by atoms with E-state index in [1.165, 1.54) is 0 Å². The van der Waals surface area contributed by atoms with Crippen LogP contribution in [0.25, 0.3) is 0 Å². The maximum Gasteiger partial charge on any atom is 0.226 e. The lowest BCUT2D eigenvalue weighted by atomic mass is 10.3. The van der Waals surface area contributed by atoms with Gasteiger partial charge in [-0.05, 0) is 28.5 Å². The van der Waals surface area contributed by atoms with Crippen molar-refractivity contribution < 1.29 is 0 Å². The Morgan fingerprint density at radius 1 is 1.46 bits per heavy atom. The zero-order chi connectivity index (χ0) is 9.84. The lowest BCUT2D eigenvalue weighted by Crippen LogP contribution is -2.14. The largest absolute Gasteiger partial charge is 0.347 e. The van der Waals surface area contributed by atoms with Crippen LogP contribution in [0.3, 0.4) is 0 Å². The van der Waals surface area contributed by atoms with Gasteiger partial charge in [0.25, 0.3) is 0 Å². The summed E-state index contributed by atoms with van der Waals surface area (Å²) >= 11 is 3.33. The first kappa shape index (κ1) is 10.4. The zero-order valence-electron chi connectivity index (χ0n) is 7.79. The molecule has 13 heavy (non-hydrogen) atoms. The first-order chi connectivity index (χ1) is 6.13. The minimum atomic E-state index is 0.607. The Morgan fingerprint density at radius 2 is 2.15 bits per heavy atom. The highest BCUT2D eigenvalue weighted by Gasteiger charge is 2.03. The van der Waals surface area contributed by atoms with Crippen molar-refractivity contribution in [1.29, 1.82) is 0 Å². The van der Waals surface area contributed by atoms with Crippen LogP contribution in [0.4, 0.5) is 5.95 Å². The molecule has 0 unspecified atom stereocenters. The molecule has 0 atom stereocenters. The number of nitrogens with zero attached hydrogens (tertiary/aromatic N) is 3. The second-order valence-electron chi connectivity index (χ2n) is 2.92. The molecule has 1 rings (SSSR count). The van der Waals surface area contributed by atoms with Crippen molar-refractivity contribution in [2.45, 2.75) is 6.42 Å². The minimum absolute atomic E-state index is 0.607. The van der Waals surface area contributed by atoms with E-state index in [4.69, 9.17) is 5.73 Å². The fraction of sp³-hybridized carbons (Fsp3) is 0.500. The van der Waals surface area contributed by atoms with E-state index in [-0.39, 0.29) is 0 Å². The van der Waals surface area contributed by atoms with Crippen molar-refractivity contribution in [3.8, 4) is 0 Å². The van der Waals surface area contributed by atoms with Crippen LogP contribution in [-0.4, -0.2) is 30.6 Å². The van der Waals surface area contributed by atoms with Gasteiger partial charge in [-0.2, -0.15) is 0 Å². The number of halogens is 1. The fourth-order valence-electron chi connectivity index (χ4n) is 0.927. The summed E-state index contributed by atoms with van der Waals surface area (Å²) in [5, 5.41) is 0. The van der Waals surface area contributed by atoms with Crippen LogP contribution in [-0.2, 0) is 6.42 Å². The maximum absolute atomic E-state index is 5.45. The van der Waals surface area contributed by atoms with Crippen molar-refractivity contribution in [3.63, 3.8) is 0 Å². The number of hydrogen-bond acceptors (Lipinski definition) is 4. The number of aromatic nitrogens is 2. The van der Waals surface area contributed by atoms with Crippen LogP contribution in [0, 0.1) is 0 Å². The molecule has 1 aromatic heterocycles. The highest BCUT2D eigenvalue weighted by atomic mass is 79.9. The van der Waals surface area contributed by atoms with E-state index < -0.39 is 0 Å². The third-order valence-corrected chi connectivity index (χ3v) is 1.94. The van der Waals surface area contributed by atoms with E-state index in [2.05, 4.69) is 25.9 Å². The quantitative estimate of drug-likeness (QED) is 0.800. The average molecular weight is 245 g/mol. The van der Waals surface area contributed by atoms with Gasteiger partial charge in [0, 0.05) is 26.2 Å². The van der Waals surface area contributed by atoms with Crippen LogP contribution in [0.5, 0.6) is 0 Å².